The fourth-order valence-electron chi connectivity index (χ4n) is 2.27. The highest BCUT2D eigenvalue weighted by molar-refractivity contribution is 6.01. The number of carbonyl (C=O) groups is 5. The molecule has 0 aliphatic carbocycles. The molecule has 0 radical (unpaired) electrons. The first kappa shape index (κ1) is 23.5. The third kappa shape index (κ3) is 8.47. The molecular formula is C18H28N2O8. The van der Waals surface area contributed by atoms with Crippen LogP contribution in [0.5, 0.6) is 0 Å². The molecule has 1 atom stereocenters. The predicted molar refractivity (Wildman–Crippen MR) is 95.3 cm³/mol. The second-order valence-corrected chi connectivity index (χ2v) is 7.18. The van der Waals surface area contributed by atoms with Gasteiger partial charge in [0.15, 0.2) is 0 Å². The molecule has 0 aromatic heterocycles. The van der Waals surface area contributed by atoms with Gasteiger partial charge in [-0.3, -0.25) is 14.4 Å². The maximum absolute atomic E-state index is 12.3. The van der Waals surface area contributed by atoms with Gasteiger partial charge in [0.1, 0.15) is 11.6 Å². The standard InChI is InChI=1S/C18H28N2O8/c1-5-26-11-10-13(21)19-12(17(25)27-18(2,3)4)6-9-16(24)28-20-14(22)7-8-15(20)23/h12H,5-11H2,1-4H3,(H,19,21). The molecule has 158 valence electrons. The average molecular weight is 400 g/mol. The van der Waals surface area contributed by atoms with Gasteiger partial charge in [-0.1, -0.05) is 0 Å². The van der Waals surface area contributed by atoms with Crippen LogP contribution in [0, 0.1) is 0 Å². The Bertz CT molecular complexity index is 595. The lowest BCUT2D eigenvalue weighted by atomic mass is 10.1. The lowest BCUT2D eigenvalue weighted by Crippen LogP contribution is -2.45. The summed E-state index contributed by atoms with van der Waals surface area (Å²) in [4.78, 5) is 64.0. The largest absolute Gasteiger partial charge is 0.458 e. The number of hydrogen-bond acceptors (Lipinski definition) is 8. The molecule has 3 amide bonds. The number of nitrogens with zero attached hydrogens (tertiary/aromatic N) is 1. The van der Waals surface area contributed by atoms with E-state index in [-0.39, 0.29) is 38.7 Å². The molecule has 1 unspecified atom stereocenters. The van der Waals surface area contributed by atoms with Crippen molar-refractivity contribution >= 4 is 29.7 Å². The van der Waals surface area contributed by atoms with Crippen LogP contribution in [0.4, 0.5) is 0 Å². The molecule has 1 aliphatic heterocycles. The van der Waals surface area contributed by atoms with Crippen LogP contribution in [-0.2, 0) is 38.3 Å². The molecule has 10 heteroatoms. The highest BCUT2D eigenvalue weighted by Crippen LogP contribution is 2.15. The number of esters is 1. The number of amides is 3. The van der Waals surface area contributed by atoms with Gasteiger partial charge in [0.05, 0.1) is 13.0 Å². The van der Waals surface area contributed by atoms with Gasteiger partial charge in [-0.25, -0.2) is 9.59 Å². The lowest BCUT2D eigenvalue weighted by molar-refractivity contribution is -0.197. The van der Waals surface area contributed by atoms with Crippen LogP contribution >= 0.6 is 0 Å². The summed E-state index contributed by atoms with van der Waals surface area (Å²) in [7, 11) is 0. The van der Waals surface area contributed by atoms with E-state index in [0.717, 1.165) is 0 Å². The Kier molecular flexibility index (Phi) is 9.04. The first-order chi connectivity index (χ1) is 13.0. The predicted octanol–water partition coefficient (Wildman–Crippen LogP) is 0.627. The molecule has 10 nitrogen and oxygen atoms in total. The summed E-state index contributed by atoms with van der Waals surface area (Å²) < 4.78 is 10.4. The van der Waals surface area contributed by atoms with Crippen LogP contribution < -0.4 is 5.32 Å². The van der Waals surface area contributed by atoms with E-state index in [2.05, 4.69) is 5.32 Å². The van der Waals surface area contributed by atoms with Gasteiger partial charge in [0.2, 0.25) is 5.91 Å². The molecule has 1 fully saturated rings. The van der Waals surface area contributed by atoms with Gasteiger partial charge < -0.3 is 19.6 Å². The summed E-state index contributed by atoms with van der Waals surface area (Å²) in [6.45, 7) is 7.49. The number of rotatable bonds is 10. The summed E-state index contributed by atoms with van der Waals surface area (Å²) in [5.74, 6) is -3.17. The molecule has 0 bridgehead atoms. The Morgan fingerprint density at radius 2 is 1.71 bits per heavy atom. The van der Waals surface area contributed by atoms with Crippen molar-refractivity contribution in [3.8, 4) is 0 Å². The third-order valence-corrected chi connectivity index (χ3v) is 3.54. The van der Waals surface area contributed by atoms with Gasteiger partial charge in [0, 0.05) is 25.9 Å². The summed E-state index contributed by atoms with van der Waals surface area (Å²) >= 11 is 0. The van der Waals surface area contributed by atoms with E-state index in [1.165, 1.54) is 0 Å². The minimum absolute atomic E-state index is 0.0114. The molecular weight excluding hydrogens is 372 g/mol. The van der Waals surface area contributed by atoms with Crippen molar-refractivity contribution in [1.82, 2.24) is 10.4 Å². The Balaban J connectivity index is 2.63. The lowest BCUT2D eigenvalue weighted by Gasteiger charge is -2.24. The Morgan fingerprint density at radius 3 is 2.25 bits per heavy atom. The van der Waals surface area contributed by atoms with E-state index in [0.29, 0.717) is 11.7 Å². The monoisotopic (exact) mass is 400 g/mol. The van der Waals surface area contributed by atoms with E-state index in [4.69, 9.17) is 14.3 Å². The van der Waals surface area contributed by atoms with Crippen molar-refractivity contribution in [3.63, 3.8) is 0 Å². The van der Waals surface area contributed by atoms with Gasteiger partial charge >= 0.3 is 11.9 Å². The fraction of sp³-hybridized carbons (Fsp3) is 0.722. The second-order valence-electron chi connectivity index (χ2n) is 7.18. The van der Waals surface area contributed by atoms with Crippen LogP contribution in [0.3, 0.4) is 0 Å². The first-order valence-corrected chi connectivity index (χ1v) is 9.20. The Hall–Kier alpha value is -2.49. The van der Waals surface area contributed by atoms with Crippen LogP contribution in [-0.4, -0.2) is 59.6 Å². The molecule has 1 rings (SSSR count). The molecule has 1 N–H and O–H groups in total. The zero-order valence-corrected chi connectivity index (χ0v) is 16.7. The fourth-order valence-corrected chi connectivity index (χ4v) is 2.27. The molecule has 1 aliphatic rings. The summed E-state index contributed by atoms with van der Waals surface area (Å²) in [6, 6.07) is -1.08. The van der Waals surface area contributed by atoms with E-state index < -0.39 is 41.3 Å². The van der Waals surface area contributed by atoms with Gasteiger partial charge in [-0.2, -0.15) is 0 Å². The first-order valence-electron chi connectivity index (χ1n) is 9.20. The number of ether oxygens (including phenoxy) is 2. The van der Waals surface area contributed by atoms with Crippen LogP contribution in [0.1, 0.15) is 59.8 Å². The Labute approximate surface area is 163 Å². The van der Waals surface area contributed by atoms with Crippen molar-refractivity contribution in [1.29, 1.82) is 0 Å². The summed E-state index contributed by atoms with van der Waals surface area (Å²) in [6.07, 6.45) is -0.378. The van der Waals surface area contributed by atoms with E-state index in [1.807, 2.05) is 0 Å². The van der Waals surface area contributed by atoms with Gasteiger partial charge in [0.25, 0.3) is 11.8 Å². The average Bonchev–Trinajstić information content (AvgIpc) is 2.89. The van der Waals surface area contributed by atoms with Crippen molar-refractivity contribution in [2.24, 2.45) is 0 Å². The van der Waals surface area contributed by atoms with E-state index >= 15 is 0 Å². The third-order valence-electron chi connectivity index (χ3n) is 3.54. The number of hydroxylamine groups is 2. The quantitative estimate of drug-likeness (QED) is 0.321. The highest BCUT2D eigenvalue weighted by Gasteiger charge is 2.33. The number of hydrogen-bond donors (Lipinski definition) is 1. The molecule has 1 heterocycles. The summed E-state index contributed by atoms with van der Waals surface area (Å²) in [5, 5.41) is 2.95. The van der Waals surface area contributed by atoms with Crippen molar-refractivity contribution in [2.45, 2.75) is 71.4 Å². The smallest absolute Gasteiger partial charge is 0.333 e. The van der Waals surface area contributed by atoms with Crippen molar-refractivity contribution in [2.75, 3.05) is 13.2 Å². The van der Waals surface area contributed by atoms with Crippen molar-refractivity contribution in [3.05, 3.63) is 0 Å². The molecule has 28 heavy (non-hydrogen) atoms. The summed E-state index contributed by atoms with van der Waals surface area (Å²) in [5.41, 5.74) is -0.777. The number of carbonyl (C=O) groups excluding carboxylic acids is 5. The molecule has 0 aromatic carbocycles. The molecule has 0 spiro atoms. The van der Waals surface area contributed by atoms with Gasteiger partial charge in [-0.15, -0.1) is 5.06 Å². The molecule has 0 saturated carbocycles. The zero-order chi connectivity index (χ0) is 21.3. The van der Waals surface area contributed by atoms with E-state index in [1.54, 1.807) is 27.7 Å². The maximum atomic E-state index is 12.3. The number of imide groups is 1. The van der Waals surface area contributed by atoms with Crippen molar-refractivity contribution < 1.29 is 38.3 Å². The maximum Gasteiger partial charge on any atom is 0.333 e. The minimum atomic E-state index is -1.08. The topological polar surface area (TPSA) is 128 Å². The zero-order valence-electron chi connectivity index (χ0n) is 16.7. The van der Waals surface area contributed by atoms with Crippen LogP contribution in [0.25, 0.3) is 0 Å². The van der Waals surface area contributed by atoms with Crippen LogP contribution in [0.2, 0.25) is 0 Å². The molecule has 1 saturated heterocycles. The second kappa shape index (κ2) is 10.7. The van der Waals surface area contributed by atoms with Crippen LogP contribution in [0.15, 0.2) is 0 Å². The van der Waals surface area contributed by atoms with Gasteiger partial charge in [-0.05, 0) is 34.1 Å². The highest BCUT2D eigenvalue weighted by atomic mass is 16.7. The Morgan fingerprint density at radius 1 is 1.11 bits per heavy atom. The molecule has 0 aromatic rings. The minimum Gasteiger partial charge on any atom is -0.458 e. The SMILES string of the molecule is CCOCCC(=O)NC(CCC(=O)ON1C(=O)CCC1=O)C(=O)OC(C)(C)C. The number of nitrogens with one attached hydrogen (secondary N) is 1. The normalized spacial score (nSPS) is 15.4. The van der Waals surface area contributed by atoms with E-state index in [9.17, 15) is 24.0 Å².